The zero-order valence-corrected chi connectivity index (χ0v) is 14.8. The Hall–Kier alpha value is -2.61. The molecule has 4 heterocycles. The number of hydrogen-bond donors (Lipinski definition) is 0. The van der Waals surface area contributed by atoms with E-state index in [0.717, 1.165) is 49.6 Å². The normalized spacial score (nSPS) is 21.8. The molecule has 2 saturated heterocycles. The minimum Gasteiger partial charge on any atom is -0.443 e. The van der Waals surface area contributed by atoms with Crippen molar-refractivity contribution < 1.29 is 9.53 Å². The number of likely N-dealkylation sites (N-methyl/N-ethyl adjacent to an activating group) is 1. The van der Waals surface area contributed by atoms with Gasteiger partial charge in [0.25, 0.3) is 0 Å². The van der Waals surface area contributed by atoms with E-state index in [-0.39, 0.29) is 12.2 Å². The van der Waals surface area contributed by atoms with Crippen LogP contribution in [0.2, 0.25) is 0 Å². The molecule has 4 rings (SSSR count). The number of nitrogens with zero attached hydrogens (tertiary/aromatic N) is 6. The molecule has 2 fully saturated rings. The van der Waals surface area contributed by atoms with Gasteiger partial charge in [-0.3, -0.25) is 4.90 Å². The summed E-state index contributed by atoms with van der Waals surface area (Å²) in [7, 11) is 1.77. The fourth-order valence-corrected chi connectivity index (χ4v) is 3.57. The molecule has 2 aromatic rings. The number of piperidine rings is 1. The number of rotatable bonds is 4. The molecule has 136 valence electrons. The fraction of sp³-hybridized carbons (Fsp3) is 0.500. The number of likely N-dealkylation sites (tertiary alicyclic amines) is 1. The Morgan fingerprint density at radius 3 is 2.69 bits per heavy atom. The second-order valence-corrected chi connectivity index (χ2v) is 6.89. The number of aromatic nitrogens is 4. The number of ether oxygens (including phenoxy) is 1. The third-order valence-corrected chi connectivity index (χ3v) is 5.00. The van der Waals surface area contributed by atoms with Crippen molar-refractivity contribution in [1.82, 2.24) is 29.7 Å². The van der Waals surface area contributed by atoms with Crippen LogP contribution < -0.4 is 0 Å². The Balaban J connectivity index is 1.36. The molecule has 1 atom stereocenters. The van der Waals surface area contributed by atoms with E-state index in [0.29, 0.717) is 12.5 Å². The monoisotopic (exact) mass is 354 g/mol. The van der Waals surface area contributed by atoms with Crippen LogP contribution in [0.1, 0.15) is 24.6 Å². The van der Waals surface area contributed by atoms with Crippen molar-refractivity contribution in [3.8, 4) is 11.3 Å². The molecular weight excluding hydrogens is 332 g/mol. The first-order chi connectivity index (χ1) is 12.7. The number of carbonyl (C=O) groups excluding carboxylic acids is 1. The van der Waals surface area contributed by atoms with Gasteiger partial charge in [0.15, 0.2) is 0 Å². The van der Waals surface area contributed by atoms with E-state index in [1.54, 1.807) is 24.3 Å². The maximum atomic E-state index is 11.5. The summed E-state index contributed by atoms with van der Waals surface area (Å²) in [5.41, 5.74) is 1.76. The van der Waals surface area contributed by atoms with Crippen molar-refractivity contribution in [2.45, 2.75) is 24.9 Å². The average molecular weight is 354 g/mol. The van der Waals surface area contributed by atoms with E-state index in [1.165, 1.54) is 6.33 Å². The van der Waals surface area contributed by atoms with Gasteiger partial charge in [0.1, 0.15) is 18.3 Å². The van der Waals surface area contributed by atoms with Crippen LogP contribution in [-0.4, -0.2) is 75.2 Å². The molecule has 0 aliphatic carbocycles. The topological polar surface area (TPSA) is 84.3 Å². The number of carbonyl (C=O) groups is 1. The lowest BCUT2D eigenvalue weighted by atomic mass is 9.95. The minimum atomic E-state index is -0.222. The van der Waals surface area contributed by atoms with Gasteiger partial charge in [-0.1, -0.05) is 0 Å². The number of amides is 1. The van der Waals surface area contributed by atoms with Gasteiger partial charge in [-0.2, -0.15) is 0 Å². The van der Waals surface area contributed by atoms with Crippen LogP contribution in [0.25, 0.3) is 11.3 Å². The van der Waals surface area contributed by atoms with Crippen LogP contribution in [0.15, 0.2) is 31.0 Å². The van der Waals surface area contributed by atoms with Gasteiger partial charge in [-0.25, -0.2) is 24.7 Å². The third-order valence-electron chi connectivity index (χ3n) is 5.00. The minimum absolute atomic E-state index is 0.0262. The summed E-state index contributed by atoms with van der Waals surface area (Å²) in [4.78, 5) is 32.8. The average Bonchev–Trinajstić information content (AvgIpc) is 3.00. The predicted molar refractivity (Wildman–Crippen MR) is 94.4 cm³/mol. The van der Waals surface area contributed by atoms with Gasteiger partial charge < -0.3 is 9.64 Å². The summed E-state index contributed by atoms with van der Waals surface area (Å²) in [5.74, 6) is 1.24. The van der Waals surface area contributed by atoms with Crippen molar-refractivity contribution in [2.24, 2.45) is 0 Å². The molecule has 1 unspecified atom stereocenters. The van der Waals surface area contributed by atoms with Crippen LogP contribution in [-0.2, 0) is 4.74 Å². The van der Waals surface area contributed by atoms with Gasteiger partial charge in [0, 0.05) is 43.7 Å². The molecule has 2 aliphatic rings. The second-order valence-electron chi connectivity index (χ2n) is 6.89. The summed E-state index contributed by atoms with van der Waals surface area (Å²) in [6, 6.07) is 1.89. The molecule has 26 heavy (non-hydrogen) atoms. The molecule has 8 nitrogen and oxygen atoms in total. The van der Waals surface area contributed by atoms with Crippen LogP contribution in [0.4, 0.5) is 4.79 Å². The zero-order chi connectivity index (χ0) is 17.9. The van der Waals surface area contributed by atoms with E-state index < -0.39 is 0 Å². The van der Waals surface area contributed by atoms with Crippen molar-refractivity contribution in [3.63, 3.8) is 0 Å². The molecule has 0 saturated carbocycles. The van der Waals surface area contributed by atoms with E-state index in [4.69, 9.17) is 9.72 Å². The van der Waals surface area contributed by atoms with E-state index in [9.17, 15) is 4.79 Å². The summed E-state index contributed by atoms with van der Waals surface area (Å²) in [6.07, 6.45) is 8.62. The van der Waals surface area contributed by atoms with Crippen LogP contribution in [0.3, 0.4) is 0 Å². The van der Waals surface area contributed by atoms with Gasteiger partial charge >= 0.3 is 6.09 Å². The maximum absolute atomic E-state index is 11.5. The molecule has 0 spiro atoms. The lowest BCUT2D eigenvalue weighted by molar-refractivity contribution is 0.0960. The van der Waals surface area contributed by atoms with Crippen molar-refractivity contribution in [3.05, 3.63) is 36.8 Å². The smallest absolute Gasteiger partial charge is 0.410 e. The quantitative estimate of drug-likeness (QED) is 0.824. The fourth-order valence-electron chi connectivity index (χ4n) is 3.57. The molecule has 1 amide bonds. The number of cyclic esters (lactones) is 1. The van der Waals surface area contributed by atoms with Crippen LogP contribution >= 0.6 is 0 Å². The van der Waals surface area contributed by atoms with Crippen molar-refractivity contribution >= 4 is 6.09 Å². The Morgan fingerprint density at radius 2 is 2.00 bits per heavy atom. The van der Waals surface area contributed by atoms with Gasteiger partial charge in [-0.15, -0.1) is 0 Å². The molecule has 0 N–H and O–H groups in total. The van der Waals surface area contributed by atoms with Crippen LogP contribution in [0, 0.1) is 0 Å². The van der Waals surface area contributed by atoms with Gasteiger partial charge in [0.05, 0.1) is 12.2 Å². The van der Waals surface area contributed by atoms with Crippen molar-refractivity contribution in [1.29, 1.82) is 0 Å². The van der Waals surface area contributed by atoms with E-state index >= 15 is 0 Å². The second kappa shape index (κ2) is 7.33. The summed E-state index contributed by atoms with van der Waals surface area (Å²) >= 11 is 0. The summed E-state index contributed by atoms with van der Waals surface area (Å²) in [5, 5.41) is 0. The Morgan fingerprint density at radius 1 is 1.23 bits per heavy atom. The Labute approximate surface area is 152 Å². The SMILES string of the molecule is CN1CC(CN2CCC(c3nccc(-c4cncnc4)n3)CC2)OC1=O. The molecule has 0 bridgehead atoms. The largest absolute Gasteiger partial charge is 0.443 e. The van der Waals surface area contributed by atoms with E-state index in [1.807, 2.05) is 12.3 Å². The highest BCUT2D eigenvalue weighted by Crippen LogP contribution is 2.27. The standard InChI is InChI=1S/C18H22N6O2/c1-23-10-15(26-18(23)25)11-24-6-3-13(4-7-24)17-21-5-2-16(22-17)14-8-19-12-20-9-14/h2,5,8-9,12-13,15H,3-4,6-7,10-11H2,1H3. The predicted octanol–water partition coefficient (Wildman–Crippen LogP) is 1.56. The summed E-state index contributed by atoms with van der Waals surface area (Å²) in [6.45, 7) is 3.39. The third kappa shape index (κ3) is 3.65. The molecule has 0 aromatic carbocycles. The Bertz CT molecular complexity index is 763. The van der Waals surface area contributed by atoms with Crippen molar-refractivity contribution in [2.75, 3.05) is 33.2 Å². The molecule has 2 aromatic heterocycles. The molecule has 0 radical (unpaired) electrons. The lowest BCUT2D eigenvalue weighted by Crippen LogP contribution is -2.39. The Kier molecular flexibility index (Phi) is 4.75. The zero-order valence-electron chi connectivity index (χ0n) is 14.8. The first kappa shape index (κ1) is 16.8. The summed E-state index contributed by atoms with van der Waals surface area (Å²) < 4.78 is 5.36. The van der Waals surface area contributed by atoms with E-state index in [2.05, 4.69) is 19.9 Å². The molecular formula is C18H22N6O2. The number of hydrogen-bond acceptors (Lipinski definition) is 7. The first-order valence-corrected chi connectivity index (χ1v) is 8.91. The first-order valence-electron chi connectivity index (χ1n) is 8.91. The molecule has 2 aliphatic heterocycles. The lowest BCUT2D eigenvalue weighted by Gasteiger charge is -2.32. The van der Waals surface area contributed by atoms with Gasteiger partial charge in [0.2, 0.25) is 0 Å². The van der Waals surface area contributed by atoms with Crippen LogP contribution in [0.5, 0.6) is 0 Å². The highest BCUT2D eigenvalue weighted by atomic mass is 16.6. The van der Waals surface area contributed by atoms with Gasteiger partial charge in [-0.05, 0) is 32.0 Å². The maximum Gasteiger partial charge on any atom is 0.410 e. The molecule has 8 heteroatoms. The highest BCUT2D eigenvalue weighted by molar-refractivity contribution is 5.69. The highest BCUT2D eigenvalue weighted by Gasteiger charge is 2.31.